The molecule has 0 bridgehead atoms. The van der Waals surface area contributed by atoms with Crippen LogP contribution >= 0.6 is 15.9 Å². The van der Waals surface area contributed by atoms with Crippen LogP contribution in [0.4, 0.5) is 0 Å². The summed E-state index contributed by atoms with van der Waals surface area (Å²) in [6, 6.07) is 0. The fourth-order valence-corrected chi connectivity index (χ4v) is 1.31. The molecule has 1 aliphatic heterocycles. The molecule has 0 aromatic carbocycles. The van der Waals surface area contributed by atoms with Gasteiger partial charge in [-0.25, -0.2) is 4.79 Å². The van der Waals surface area contributed by atoms with Crippen molar-refractivity contribution in [3.8, 4) is 0 Å². The van der Waals surface area contributed by atoms with Gasteiger partial charge < -0.3 is 25.2 Å². The Morgan fingerprint density at radius 2 is 2.08 bits per heavy atom. The van der Waals surface area contributed by atoms with Crippen LogP contribution < -0.4 is 0 Å². The third-order valence-electron chi connectivity index (χ3n) is 1.58. The van der Waals surface area contributed by atoms with Gasteiger partial charge in [0.1, 0.15) is 6.10 Å². The molecule has 0 amide bonds. The normalized spacial score (nSPS) is 30.5. The number of ether oxygens (including phenoxy) is 1. The van der Waals surface area contributed by atoms with Crippen molar-refractivity contribution in [1.82, 2.24) is 0 Å². The number of aliphatic hydroxyl groups is 4. The number of cyclic esters (lactones) is 1. The molecule has 1 heterocycles. The van der Waals surface area contributed by atoms with Gasteiger partial charge in [0.05, 0.1) is 6.61 Å². The highest BCUT2D eigenvalue weighted by atomic mass is 79.9. The average Bonchev–Trinajstić information content (AvgIpc) is 2.30. The van der Waals surface area contributed by atoms with E-state index in [0.29, 0.717) is 0 Å². The van der Waals surface area contributed by atoms with Crippen LogP contribution in [0.5, 0.6) is 0 Å². The van der Waals surface area contributed by atoms with Crippen LogP contribution in [0.2, 0.25) is 0 Å². The lowest BCUT2D eigenvalue weighted by Crippen LogP contribution is -2.41. The molecule has 0 aromatic heterocycles. The second kappa shape index (κ2) is 3.17. The van der Waals surface area contributed by atoms with E-state index in [2.05, 4.69) is 20.7 Å². The number of hydrogen-bond donors (Lipinski definition) is 4. The summed E-state index contributed by atoms with van der Waals surface area (Å²) >= 11 is 2.70. The van der Waals surface area contributed by atoms with Crippen LogP contribution in [-0.4, -0.2) is 43.6 Å². The van der Waals surface area contributed by atoms with Gasteiger partial charge in [0.25, 0.3) is 4.51 Å². The summed E-state index contributed by atoms with van der Waals surface area (Å²) in [7, 11) is 0. The molecule has 0 aromatic rings. The molecule has 0 fully saturated rings. The van der Waals surface area contributed by atoms with Crippen molar-refractivity contribution < 1.29 is 30.0 Å². The molecule has 4 N–H and O–H groups in total. The zero-order valence-corrected chi connectivity index (χ0v) is 7.85. The minimum atomic E-state index is -1.94. The van der Waals surface area contributed by atoms with Crippen LogP contribution in [0, 0.1) is 0 Å². The van der Waals surface area contributed by atoms with E-state index in [9.17, 15) is 4.79 Å². The third-order valence-corrected chi connectivity index (χ3v) is 2.65. The van der Waals surface area contributed by atoms with Crippen molar-refractivity contribution in [2.24, 2.45) is 0 Å². The maximum Gasteiger partial charge on any atom is 0.379 e. The third kappa shape index (κ3) is 1.38. The second-order valence-electron chi connectivity index (χ2n) is 2.43. The van der Waals surface area contributed by atoms with Gasteiger partial charge in [-0.05, 0) is 15.9 Å². The molecule has 74 valence electrons. The maximum atomic E-state index is 10.7. The van der Waals surface area contributed by atoms with Gasteiger partial charge in [0.15, 0.2) is 0 Å². The molecule has 13 heavy (non-hydrogen) atoms. The number of hydrogen-bond acceptors (Lipinski definition) is 6. The first kappa shape index (κ1) is 10.3. The topological polar surface area (TPSA) is 107 Å². The van der Waals surface area contributed by atoms with Gasteiger partial charge in [-0.3, -0.25) is 0 Å². The Bertz CT molecular complexity index is 274. The maximum absolute atomic E-state index is 10.7. The first-order valence-electron chi connectivity index (χ1n) is 3.27. The molecule has 1 rings (SSSR count). The van der Waals surface area contributed by atoms with Crippen molar-refractivity contribution in [3.63, 3.8) is 0 Å². The molecular formula is C6H7BrO6. The summed E-state index contributed by atoms with van der Waals surface area (Å²) in [4.78, 5) is 10.7. The van der Waals surface area contributed by atoms with Crippen molar-refractivity contribution in [3.05, 3.63) is 11.5 Å². The molecule has 7 heteroatoms. The standard InChI is InChI=1S/C6H7BrO6/c7-6(2(9)1-8)4(11)3(10)5(12)13-6/h2,8-11H,1H2/t2-,6+/m0/s1. The van der Waals surface area contributed by atoms with Crippen LogP contribution in [0.1, 0.15) is 0 Å². The van der Waals surface area contributed by atoms with Crippen LogP contribution in [0.3, 0.4) is 0 Å². The SMILES string of the molecule is O=C1O[C@](Br)([C@@H](O)CO)C(O)=C1O. The summed E-state index contributed by atoms with van der Waals surface area (Å²) < 4.78 is 2.48. The number of rotatable bonds is 2. The zero-order valence-electron chi connectivity index (χ0n) is 6.27. The molecule has 0 spiro atoms. The average molecular weight is 255 g/mol. The fourth-order valence-electron chi connectivity index (χ4n) is 0.833. The van der Waals surface area contributed by atoms with Crippen molar-refractivity contribution in [2.45, 2.75) is 10.6 Å². The van der Waals surface area contributed by atoms with E-state index >= 15 is 0 Å². The van der Waals surface area contributed by atoms with Crippen LogP contribution in [-0.2, 0) is 9.53 Å². The van der Waals surface area contributed by atoms with Crippen molar-refractivity contribution in [1.29, 1.82) is 0 Å². The highest BCUT2D eigenvalue weighted by Gasteiger charge is 2.52. The number of alkyl halides is 1. The Morgan fingerprint density at radius 1 is 1.54 bits per heavy atom. The van der Waals surface area contributed by atoms with Gasteiger partial charge in [-0.15, -0.1) is 0 Å². The monoisotopic (exact) mass is 254 g/mol. The number of halogens is 1. The first-order chi connectivity index (χ1) is 5.93. The minimum absolute atomic E-state index is 0.740. The lowest BCUT2D eigenvalue weighted by Gasteiger charge is -2.24. The van der Waals surface area contributed by atoms with E-state index in [-0.39, 0.29) is 0 Å². The number of carbonyl (C=O) groups is 1. The highest BCUT2D eigenvalue weighted by molar-refractivity contribution is 9.10. The van der Waals surface area contributed by atoms with Crippen molar-refractivity contribution >= 4 is 21.9 Å². The minimum Gasteiger partial charge on any atom is -0.504 e. The van der Waals surface area contributed by atoms with E-state index < -0.39 is 34.7 Å². The number of esters is 1. The summed E-state index contributed by atoms with van der Waals surface area (Å²) in [6.07, 6.45) is -1.55. The molecule has 6 nitrogen and oxygen atoms in total. The Morgan fingerprint density at radius 3 is 2.38 bits per heavy atom. The van der Waals surface area contributed by atoms with Gasteiger partial charge in [-0.2, -0.15) is 0 Å². The summed E-state index contributed by atoms with van der Waals surface area (Å²) in [5.74, 6) is -3.00. The summed E-state index contributed by atoms with van der Waals surface area (Å²) in [6.45, 7) is -0.740. The van der Waals surface area contributed by atoms with Gasteiger partial charge in [0.2, 0.25) is 11.5 Å². The zero-order chi connectivity index (χ0) is 10.2. The Balaban J connectivity index is 3.03. The smallest absolute Gasteiger partial charge is 0.379 e. The van der Waals surface area contributed by atoms with E-state index in [0.717, 1.165) is 0 Å². The molecule has 0 saturated heterocycles. The van der Waals surface area contributed by atoms with Gasteiger partial charge >= 0.3 is 5.97 Å². The Hall–Kier alpha value is -0.790. The van der Waals surface area contributed by atoms with E-state index in [1.165, 1.54) is 0 Å². The Labute approximate surface area is 81.2 Å². The van der Waals surface area contributed by atoms with Crippen LogP contribution in [0.25, 0.3) is 0 Å². The quantitative estimate of drug-likeness (QED) is 0.384. The molecular weight excluding hydrogens is 248 g/mol. The first-order valence-corrected chi connectivity index (χ1v) is 4.06. The highest BCUT2D eigenvalue weighted by Crippen LogP contribution is 2.38. The van der Waals surface area contributed by atoms with Gasteiger partial charge in [-0.1, -0.05) is 0 Å². The van der Waals surface area contributed by atoms with E-state index in [1.54, 1.807) is 0 Å². The number of aliphatic hydroxyl groups excluding tert-OH is 4. The summed E-state index contributed by atoms with van der Waals surface area (Å²) in [5, 5.41) is 35.7. The molecule has 1 aliphatic rings. The van der Waals surface area contributed by atoms with E-state index in [4.69, 9.17) is 20.4 Å². The van der Waals surface area contributed by atoms with E-state index in [1.807, 2.05) is 0 Å². The lowest BCUT2D eigenvalue weighted by molar-refractivity contribution is -0.150. The largest absolute Gasteiger partial charge is 0.504 e. The molecule has 0 saturated carbocycles. The fraction of sp³-hybridized carbons (Fsp3) is 0.500. The molecule has 0 unspecified atom stereocenters. The number of carbonyl (C=O) groups excluding carboxylic acids is 1. The summed E-state index contributed by atoms with van der Waals surface area (Å²) in [5.41, 5.74) is 0. The Kier molecular flexibility index (Phi) is 2.51. The van der Waals surface area contributed by atoms with Crippen molar-refractivity contribution in [2.75, 3.05) is 6.61 Å². The predicted molar refractivity (Wildman–Crippen MR) is 43.1 cm³/mol. The molecule has 0 aliphatic carbocycles. The molecule has 0 radical (unpaired) electrons. The van der Waals surface area contributed by atoms with Gasteiger partial charge in [0, 0.05) is 0 Å². The second-order valence-corrected chi connectivity index (χ2v) is 3.61. The lowest BCUT2D eigenvalue weighted by atomic mass is 10.2. The van der Waals surface area contributed by atoms with Crippen LogP contribution in [0.15, 0.2) is 11.5 Å². The molecule has 2 atom stereocenters. The predicted octanol–water partition coefficient (Wildman–Crippen LogP) is -0.685.